The van der Waals surface area contributed by atoms with E-state index in [1.807, 2.05) is 6.07 Å². The zero-order valence-electron chi connectivity index (χ0n) is 20.3. The number of hydrogen-bond acceptors (Lipinski definition) is 6. The standard InChI is InChI=1S/C26H26ClF3N4O4/c27-20-3-1-2-17(13-20)23-31-24(38-32-23)19-12-18(16-4-6-22(7-5-16)37-26(28,29)30)14-34(15-19)25(36)33-10-8-21(35)9-11-33/h1-7,13,18-19,21,35H,8-12,14-15H2. The van der Waals surface area contributed by atoms with Crippen molar-refractivity contribution in [3.05, 3.63) is 65.0 Å². The van der Waals surface area contributed by atoms with Gasteiger partial charge in [0.05, 0.1) is 12.0 Å². The molecule has 2 unspecified atom stereocenters. The highest BCUT2D eigenvalue weighted by atomic mass is 35.5. The number of nitrogens with zero attached hydrogens (tertiary/aromatic N) is 4. The zero-order valence-corrected chi connectivity index (χ0v) is 21.0. The third kappa shape index (κ3) is 6.21. The van der Waals surface area contributed by atoms with Crippen LogP contribution in [-0.4, -0.2) is 69.7 Å². The van der Waals surface area contributed by atoms with Gasteiger partial charge in [0.1, 0.15) is 5.75 Å². The number of alkyl halides is 3. The predicted molar refractivity (Wildman–Crippen MR) is 132 cm³/mol. The van der Waals surface area contributed by atoms with Crippen molar-refractivity contribution >= 4 is 17.6 Å². The van der Waals surface area contributed by atoms with Crippen molar-refractivity contribution < 1.29 is 32.3 Å². The summed E-state index contributed by atoms with van der Waals surface area (Å²) in [5.41, 5.74) is 1.46. The molecule has 202 valence electrons. The fourth-order valence-electron chi connectivity index (χ4n) is 5.02. The van der Waals surface area contributed by atoms with Gasteiger partial charge in [-0.15, -0.1) is 13.2 Å². The molecule has 2 fully saturated rings. The topological polar surface area (TPSA) is 91.9 Å². The normalized spacial score (nSPS) is 21.0. The van der Waals surface area contributed by atoms with Gasteiger partial charge < -0.3 is 24.2 Å². The summed E-state index contributed by atoms with van der Waals surface area (Å²) in [6.45, 7) is 1.63. The highest BCUT2D eigenvalue weighted by Crippen LogP contribution is 2.37. The molecule has 2 aliphatic rings. The van der Waals surface area contributed by atoms with Gasteiger partial charge in [-0.3, -0.25) is 0 Å². The first-order valence-corrected chi connectivity index (χ1v) is 12.7. The van der Waals surface area contributed by atoms with E-state index >= 15 is 0 Å². The number of ether oxygens (including phenoxy) is 1. The highest BCUT2D eigenvalue weighted by Gasteiger charge is 2.37. The molecule has 5 rings (SSSR count). The molecule has 0 spiro atoms. The molecule has 38 heavy (non-hydrogen) atoms. The van der Waals surface area contributed by atoms with E-state index in [0.717, 1.165) is 5.56 Å². The van der Waals surface area contributed by atoms with Crippen LogP contribution in [0.15, 0.2) is 53.1 Å². The SMILES string of the molecule is O=C(N1CCC(O)CC1)N1CC(c2ccc(OC(F)(F)F)cc2)CC(c2nc(-c3cccc(Cl)c3)no2)C1. The number of aliphatic hydroxyl groups is 1. The van der Waals surface area contributed by atoms with Gasteiger partial charge in [-0.25, -0.2) is 4.79 Å². The van der Waals surface area contributed by atoms with Gasteiger partial charge in [0.2, 0.25) is 11.7 Å². The van der Waals surface area contributed by atoms with Gasteiger partial charge in [-0.1, -0.05) is 41.0 Å². The van der Waals surface area contributed by atoms with E-state index in [9.17, 15) is 23.1 Å². The molecule has 12 heteroatoms. The van der Waals surface area contributed by atoms with Crippen molar-refractivity contribution in [2.45, 2.75) is 43.6 Å². The van der Waals surface area contributed by atoms with E-state index in [2.05, 4.69) is 14.9 Å². The molecule has 2 amide bonds. The zero-order chi connectivity index (χ0) is 26.9. The van der Waals surface area contributed by atoms with Crippen LogP contribution >= 0.6 is 11.6 Å². The Morgan fingerprint density at radius 3 is 2.45 bits per heavy atom. The fraction of sp³-hybridized carbons (Fsp3) is 0.423. The van der Waals surface area contributed by atoms with Crippen LogP contribution in [0.25, 0.3) is 11.4 Å². The number of likely N-dealkylation sites (tertiary alicyclic amines) is 2. The van der Waals surface area contributed by atoms with Crippen molar-refractivity contribution in [1.29, 1.82) is 0 Å². The van der Waals surface area contributed by atoms with E-state index in [4.69, 9.17) is 16.1 Å². The predicted octanol–water partition coefficient (Wildman–Crippen LogP) is 5.44. The van der Waals surface area contributed by atoms with Gasteiger partial charge >= 0.3 is 12.4 Å². The van der Waals surface area contributed by atoms with Crippen LogP contribution in [0.3, 0.4) is 0 Å². The molecule has 2 aromatic carbocycles. The summed E-state index contributed by atoms with van der Waals surface area (Å²) in [6, 6.07) is 12.6. The van der Waals surface area contributed by atoms with Crippen LogP contribution < -0.4 is 4.74 Å². The van der Waals surface area contributed by atoms with Crippen molar-refractivity contribution in [3.63, 3.8) is 0 Å². The van der Waals surface area contributed by atoms with Gasteiger partial charge in [0.25, 0.3) is 0 Å². The van der Waals surface area contributed by atoms with E-state index in [0.29, 0.717) is 67.7 Å². The summed E-state index contributed by atoms with van der Waals surface area (Å²) in [5.74, 6) is -0.0413. The first kappa shape index (κ1) is 26.3. The summed E-state index contributed by atoms with van der Waals surface area (Å²) < 4.78 is 47.4. The number of benzene rings is 2. The van der Waals surface area contributed by atoms with Crippen LogP contribution in [0, 0.1) is 0 Å². The molecule has 0 aliphatic carbocycles. The molecule has 3 heterocycles. The third-order valence-electron chi connectivity index (χ3n) is 6.91. The molecular formula is C26H26ClF3N4O4. The molecule has 0 bridgehead atoms. The van der Waals surface area contributed by atoms with Crippen molar-refractivity contribution in [3.8, 4) is 17.1 Å². The Labute approximate surface area is 221 Å². The Morgan fingerprint density at radius 2 is 1.76 bits per heavy atom. The monoisotopic (exact) mass is 550 g/mol. The molecule has 2 saturated heterocycles. The largest absolute Gasteiger partial charge is 0.573 e. The molecule has 1 N–H and O–H groups in total. The summed E-state index contributed by atoms with van der Waals surface area (Å²) in [7, 11) is 0. The second-order valence-electron chi connectivity index (χ2n) is 9.62. The third-order valence-corrected chi connectivity index (χ3v) is 7.15. The first-order valence-electron chi connectivity index (χ1n) is 12.3. The van der Waals surface area contributed by atoms with Gasteiger partial charge in [0, 0.05) is 42.7 Å². The molecule has 2 aliphatic heterocycles. The number of aromatic nitrogens is 2. The molecule has 1 aromatic heterocycles. The van der Waals surface area contributed by atoms with Crippen LogP contribution in [-0.2, 0) is 0 Å². The average Bonchev–Trinajstić information content (AvgIpc) is 3.39. The number of amides is 2. The van der Waals surface area contributed by atoms with E-state index < -0.39 is 12.5 Å². The lowest BCUT2D eigenvalue weighted by atomic mass is 9.84. The number of piperidine rings is 2. The Morgan fingerprint density at radius 1 is 1.05 bits per heavy atom. The average molecular weight is 551 g/mol. The van der Waals surface area contributed by atoms with Crippen LogP contribution in [0.2, 0.25) is 5.02 Å². The number of halogens is 4. The van der Waals surface area contributed by atoms with Crippen LogP contribution in [0.5, 0.6) is 5.75 Å². The molecule has 0 saturated carbocycles. The Bertz CT molecular complexity index is 1260. The summed E-state index contributed by atoms with van der Waals surface area (Å²) in [6.07, 6.45) is -3.61. The number of carbonyl (C=O) groups is 1. The molecule has 3 aromatic rings. The van der Waals surface area contributed by atoms with Crippen LogP contribution in [0.4, 0.5) is 18.0 Å². The Balaban J connectivity index is 1.39. The lowest BCUT2D eigenvalue weighted by Gasteiger charge is -2.40. The van der Waals surface area contributed by atoms with Gasteiger partial charge in [-0.2, -0.15) is 4.98 Å². The fourth-order valence-corrected chi connectivity index (χ4v) is 5.21. The maximum atomic E-state index is 13.4. The van der Waals surface area contributed by atoms with Crippen molar-refractivity contribution in [2.24, 2.45) is 0 Å². The van der Waals surface area contributed by atoms with E-state index in [1.165, 1.54) is 12.1 Å². The second-order valence-corrected chi connectivity index (χ2v) is 10.1. The smallest absolute Gasteiger partial charge is 0.406 e. The number of aliphatic hydroxyl groups excluding tert-OH is 1. The van der Waals surface area contributed by atoms with E-state index in [-0.39, 0.29) is 23.6 Å². The molecular weight excluding hydrogens is 525 g/mol. The summed E-state index contributed by atoms with van der Waals surface area (Å²) in [5, 5.41) is 14.5. The first-order chi connectivity index (χ1) is 18.1. The number of hydrogen-bond donors (Lipinski definition) is 1. The minimum absolute atomic E-state index is 0.154. The molecule has 0 radical (unpaired) electrons. The number of rotatable bonds is 4. The van der Waals surface area contributed by atoms with Crippen molar-refractivity contribution in [2.75, 3.05) is 26.2 Å². The highest BCUT2D eigenvalue weighted by molar-refractivity contribution is 6.30. The second kappa shape index (κ2) is 10.8. The summed E-state index contributed by atoms with van der Waals surface area (Å²) >= 11 is 6.10. The molecule has 8 nitrogen and oxygen atoms in total. The lowest BCUT2D eigenvalue weighted by Crippen LogP contribution is -2.51. The minimum Gasteiger partial charge on any atom is -0.406 e. The Kier molecular flexibility index (Phi) is 7.49. The maximum absolute atomic E-state index is 13.4. The van der Waals surface area contributed by atoms with Gasteiger partial charge in [-0.05, 0) is 49.1 Å². The molecule has 2 atom stereocenters. The van der Waals surface area contributed by atoms with E-state index in [1.54, 1.807) is 40.1 Å². The lowest BCUT2D eigenvalue weighted by molar-refractivity contribution is -0.274. The minimum atomic E-state index is -4.78. The van der Waals surface area contributed by atoms with Crippen molar-refractivity contribution in [1.82, 2.24) is 19.9 Å². The Hall–Kier alpha value is -3.31. The summed E-state index contributed by atoms with van der Waals surface area (Å²) in [4.78, 5) is 21.5. The van der Waals surface area contributed by atoms with Gasteiger partial charge in [0.15, 0.2) is 0 Å². The quantitative estimate of drug-likeness (QED) is 0.465. The number of urea groups is 1. The maximum Gasteiger partial charge on any atom is 0.573 e. The number of carbonyl (C=O) groups excluding carboxylic acids is 1. The van der Waals surface area contributed by atoms with Crippen LogP contribution in [0.1, 0.15) is 42.6 Å².